The maximum absolute atomic E-state index is 13.7. The van der Waals surface area contributed by atoms with Crippen molar-refractivity contribution in [2.45, 2.75) is 146 Å². The number of fused-ring (bicyclic) bond motifs is 11. The minimum absolute atomic E-state index is 0. The Balaban J connectivity index is 0.000000149. The van der Waals surface area contributed by atoms with Crippen molar-refractivity contribution in [2.75, 3.05) is 38.9 Å². The summed E-state index contributed by atoms with van der Waals surface area (Å²) < 4.78 is 63.2. The number of nitrogens with one attached hydrogen (secondary N) is 3. The Hall–Kier alpha value is -12.0. The van der Waals surface area contributed by atoms with Gasteiger partial charge < -0.3 is 50.0 Å². The van der Waals surface area contributed by atoms with Crippen LogP contribution in [0.1, 0.15) is 178 Å². The number of aliphatic carboxylic acids is 3. The number of H-pyrrole nitrogens is 1. The number of anilines is 1. The van der Waals surface area contributed by atoms with Crippen LogP contribution in [0.2, 0.25) is 10.0 Å². The van der Waals surface area contributed by atoms with Crippen LogP contribution < -0.4 is 20.1 Å². The number of aliphatic hydroxyl groups excluding tert-OH is 2. The average Bonchev–Trinajstić information content (AvgIpc) is 1.60. The van der Waals surface area contributed by atoms with E-state index in [1.54, 1.807) is 147 Å². The third-order valence-corrected chi connectivity index (χ3v) is 32.0. The van der Waals surface area contributed by atoms with Gasteiger partial charge in [-0.2, -0.15) is 10.2 Å². The van der Waals surface area contributed by atoms with E-state index in [9.17, 15) is 65.9 Å². The van der Waals surface area contributed by atoms with Gasteiger partial charge in [-0.25, -0.2) is 22.6 Å². The molecule has 3 amide bonds. The standard InChI is InChI=1S/C22H21ClN2O6.C21H32N2O.C20H17FO3S.C14H12O3S.C13H11N3O4S2.C10H8ClNO3.ClH.He/c1-12-16(10-20(27)24-18(11-26)22(29)30)17-9-15(31-2)7-8-19(17)25(12)21(28)13-3-5-14(23)6-4-13;1-19-11-13-12-22-23-18(13)10-14(19)4-5-15-16(19)6-8-20(2)17(15)7-9-21(20,3)24;1-12-17(9-13-3-6-15(7-4-13)25(2)24)16-8-5-14(21)10-19(16)18(12)11-20(22)23;1-9(14(16)17)10-4-6-11(7-5-10)13(15)12-3-2-8-18-12;1-16-10(12(18)15-13-14-6-7-21-13)11(17)8-4-2-3-5-9(8)22(16,19)20;11-6-1-2-8-7(5-6)10(13)12-9(15-8)3-4-14-12;;/h3-9,18,26H,10-11H2,1-2H3,(H,24,27)(H,29,30);12,14-17,24H,4-11H2,1-3H3,(H,22,23);3-10H,11H2,1-2H3,(H,22,23);2-9H,1H3,(H,16,17);2-7,17H,1H3,(H,14,15,18);1-2,5,9H,3-4H2;1H;/b;;17-9-;;;;;/t18-;14-,15+,16-,17-,19-,20-,21-;;;;;;/m00....../s1. The molecule has 3 aliphatic heterocycles. The number of amides is 3. The number of aromatic amines is 1. The van der Waals surface area contributed by atoms with Crippen molar-refractivity contribution in [3.63, 3.8) is 0 Å². The average molecular weight is 1990 g/mol. The molecular formula is C100H102Cl3FHeN8O20S4. The number of benzene rings is 7. The first-order chi connectivity index (χ1) is 64.2. The van der Waals surface area contributed by atoms with E-state index in [2.05, 4.69) is 52.8 Å². The summed E-state index contributed by atoms with van der Waals surface area (Å²) in [6.45, 7) is 12.1. The number of ether oxygens (including phenoxy) is 2. The van der Waals surface area contributed by atoms with Gasteiger partial charge in [0, 0.05) is 75.2 Å². The Morgan fingerprint density at radius 3 is 2.15 bits per heavy atom. The maximum atomic E-state index is 13.7. The van der Waals surface area contributed by atoms with Crippen LogP contribution >= 0.6 is 58.3 Å². The number of carbonyl (C=O) groups is 8. The van der Waals surface area contributed by atoms with E-state index in [1.807, 2.05) is 36.6 Å². The Morgan fingerprint density at radius 1 is 0.796 bits per heavy atom. The van der Waals surface area contributed by atoms with E-state index in [0.717, 1.165) is 61.6 Å². The molecule has 137 heavy (non-hydrogen) atoms. The summed E-state index contributed by atoms with van der Waals surface area (Å²) in [6, 6.07) is 43.4. The molecule has 4 aromatic heterocycles. The monoisotopic (exact) mass is 1990 g/mol. The van der Waals surface area contributed by atoms with Crippen molar-refractivity contribution in [2.24, 2.45) is 34.5 Å². The molecule has 1 saturated heterocycles. The number of nitrogens with zero attached hydrogens (tertiary/aromatic N) is 5. The quantitative estimate of drug-likeness (QED) is 0.0302. The molecule has 0 bridgehead atoms. The minimum Gasteiger partial charge on any atom is -0.612 e. The first kappa shape index (κ1) is 104. The van der Waals surface area contributed by atoms with Crippen LogP contribution in [-0.2, 0) is 69.3 Å². The smallest absolute Gasteiger partial charge is 0.328 e. The molecule has 3 unspecified atom stereocenters. The SMILES string of the molecule is CC(C(=O)O)c1ccc(C(=O)c2cccs2)cc1.CC1=C(CC(=O)O)c2cc(F)ccc2/C1=C\c1ccc([S+](C)[O-])cc1.CN1C(C(=O)Nc2nccs2)=C(O)c2ccccc2S1(=O)=O.COc1ccc2c(c1)c(CC(=O)N[C@@H](CO)C(=O)O)c(C)n2C(=O)c1ccc(Cl)cc1.C[C@]12Cc3c[nH]nc3C[C@@H]1CC[C@@H]1[C@@H]2CC[C@@]2(C)[C@H]1CC[C@]2(C)O.Cl.O=C1c2cc(Cl)ccc2OC2CCON12.[He]. The van der Waals surface area contributed by atoms with E-state index < -0.39 is 75.1 Å². The van der Waals surface area contributed by atoms with Gasteiger partial charge in [0.05, 0.1) is 71.2 Å². The van der Waals surface area contributed by atoms with Crippen molar-refractivity contribution in [3.05, 3.63) is 286 Å². The number of hydrogen-bond acceptors (Lipinski definition) is 21. The number of allylic oxidation sites excluding steroid dienone is 2. The number of rotatable bonds is 17. The molecule has 716 valence electrons. The maximum Gasteiger partial charge on any atom is 0.328 e. The first-order valence-electron chi connectivity index (χ1n) is 43.5. The zero-order valence-corrected chi connectivity index (χ0v) is 81.8. The molecule has 4 fully saturated rings. The third kappa shape index (κ3) is 21.8. The molecule has 8 aliphatic rings. The first-order valence-corrected chi connectivity index (χ1v) is 49.1. The number of aliphatic hydroxyl groups is 3. The Bertz CT molecular complexity index is 6600. The zero-order valence-electron chi connectivity index (χ0n) is 76.2. The number of aromatic nitrogens is 4. The van der Waals surface area contributed by atoms with E-state index in [-0.39, 0.29) is 88.4 Å². The van der Waals surface area contributed by atoms with Crippen LogP contribution in [-0.4, -0.2) is 172 Å². The van der Waals surface area contributed by atoms with E-state index in [0.29, 0.717) is 106 Å². The van der Waals surface area contributed by atoms with Gasteiger partial charge in [-0.1, -0.05) is 85.6 Å². The van der Waals surface area contributed by atoms with Crippen molar-refractivity contribution < 1.29 is 107 Å². The van der Waals surface area contributed by atoms with Gasteiger partial charge in [0.2, 0.25) is 17.9 Å². The van der Waals surface area contributed by atoms with Gasteiger partial charge in [0.1, 0.15) is 29.6 Å². The summed E-state index contributed by atoms with van der Waals surface area (Å²) >= 11 is 13.3. The fourth-order valence-corrected chi connectivity index (χ4v) is 23.1. The molecular weight excluding hydrogens is 1890 g/mol. The molecule has 9 N–H and O–H groups in total. The zero-order chi connectivity index (χ0) is 97.0. The number of likely N-dealkylation sites (N-methyl/N-ethyl adjacent to an activating group) is 1. The number of hydroxylamine groups is 2. The van der Waals surface area contributed by atoms with Crippen LogP contribution in [0.25, 0.3) is 33.9 Å². The molecule has 37 heteroatoms. The minimum atomic E-state index is -3.89. The second-order valence-electron chi connectivity index (χ2n) is 34.9. The number of carbonyl (C=O) groups excluding carboxylic acids is 5. The Kier molecular flexibility index (Phi) is 32.9. The fraction of sp³-hybridized carbons (Fsp3) is 0.320. The Labute approximate surface area is 818 Å². The Morgan fingerprint density at radius 2 is 1.50 bits per heavy atom. The van der Waals surface area contributed by atoms with Gasteiger partial charge in [-0.15, -0.1) is 35.1 Å². The van der Waals surface area contributed by atoms with Crippen molar-refractivity contribution in [3.8, 4) is 11.5 Å². The molecule has 11 aromatic rings. The summed E-state index contributed by atoms with van der Waals surface area (Å²) in [4.78, 5) is 106. The van der Waals surface area contributed by atoms with Crippen molar-refractivity contribution in [1.82, 2.24) is 34.4 Å². The molecule has 0 spiro atoms. The van der Waals surface area contributed by atoms with Gasteiger partial charge in [-0.3, -0.25) is 57.7 Å². The second kappa shape index (κ2) is 43.4. The third-order valence-electron chi connectivity index (χ3n) is 27.2. The van der Waals surface area contributed by atoms with Crippen LogP contribution in [0.5, 0.6) is 11.5 Å². The molecule has 7 aromatic carbocycles. The van der Waals surface area contributed by atoms with E-state index >= 15 is 0 Å². The number of hydrogen-bond donors (Lipinski definition) is 9. The summed E-state index contributed by atoms with van der Waals surface area (Å²) in [5.74, 6) is -1.99. The van der Waals surface area contributed by atoms with E-state index in [4.69, 9.17) is 57.9 Å². The van der Waals surface area contributed by atoms with Crippen molar-refractivity contribution >= 4 is 166 Å². The van der Waals surface area contributed by atoms with Crippen molar-refractivity contribution in [1.29, 1.82) is 0 Å². The number of sulfonamides is 1. The number of halogens is 4. The fourth-order valence-electron chi connectivity index (χ4n) is 19.7. The molecule has 28 nitrogen and oxygen atoms in total. The van der Waals surface area contributed by atoms with Crippen LogP contribution in [0.4, 0.5) is 9.52 Å². The molecule has 11 atom stereocenters. The molecule has 7 heterocycles. The molecule has 3 saturated carbocycles. The normalized spacial score (nSPS) is 21.7. The van der Waals surface area contributed by atoms with Gasteiger partial charge >= 0.3 is 17.9 Å². The van der Waals surface area contributed by atoms with E-state index in [1.165, 1.54) is 133 Å². The molecule has 0 radical (unpaired) electrons. The van der Waals surface area contributed by atoms with Crippen LogP contribution in [0.15, 0.2) is 208 Å². The predicted molar refractivity (Wildman–Crippen MR) is 519 cm³/mol. The number of ketones is 1. The van der Waals surface area contributed by atoms with Crippen LogP contribution in [0.3, 0.4) is 0 Å². The summed E-state index contributed by atoms with van der Waals surface area (Å²) in [7, 11) is -1.16. The largest absolute Gasteiger partial charge is 0.612 e. The topological polar surface area (TPSA) is 420 Å². The second-order valence-corrected chi connectivity index (χ2v) is 41.0. The molecule has 19 rings (SSSR count). The summed E-state index contributed by atoms with van der Waals surface area (Å²) in [5.41, 5.74) is 11.3. The number of thiophene rings is 1. The number of thiazole rings is 1. The van der Waals surface area contributed by atoms with Gasteiger partial charge in [0.25, 0.3) is 27.7 Å². The predicted octanol–water partition coefficient (Wildman–Crippen LogP) is 18.0. The number of carboxylic acids is 3. The molecule has 5 aliphatic carbocycles. The van der Waals surface area contributed by atoms with Gasteiger partial charge in [-0.05, 0) is 302 Å². The van der Waals surface area contributed by atoms with Gasteiger partial charge in [0.15, 0.2) is 21.5 Å². The number of carboxylic acid groups (broad SMARTS) is 3. The summed E-state index contributed by atoms with van der Waals surface area (Å²) in [6.07, 6.45) is 17.2. The summed E-state index contributed by atoms with van der Waals surface area (Å²) in [5, 5.41) is 76.8. The van der Waals surface area contributed by atoms with Crippen LogP contribution in [0, 0.1) is 53.4 Å². The number of methoxy groups -OCH3 is 1.